The molecule has 0 spiro atoms. The number of carbonyl (C=O) groups is 1. The standard InChI is InChI=1S/C20H21FN4O3/c21-13-1-4-15(5-2-13)28-16-7-9-25(10-8-16)12-19(26)22-14-3-6-17-18(11-14)24-20(27)23-17/h1-6,11,16H,7-10,12H2,(H,22,26)(H2,23,24,27). The molecule has 7 nitrogen and oxygen atoms in total. The Morgan fingerprint density at radius 1 is 1.11 bits per heavy atom. The van der Waals surface area contributed by atoms with E-state index in [1.54, 1.807) is 30.3 Å². The average Bonchev–Trinajstić information content (AvgIpc) is 3.04. The van der Waals surface area contributed by atoms with Gasteiger partial charge in [-0.2, -0.15) is 0 Å². The Kier molecular flexibility index (Phi) is 5.12. The van der Waals surface area contributed by atoms with Crippen LogP contribution in [0.15, 0.2) is 47.3 Å². The van der Waals surface area contributed by atoms with Gasteiger partial charge in [-0.3, -0.25) is 9.69 Å². The monoisotopic (exact) mass is 384 g/mol. The van der Waals surface area contributed by atoms with Gasteiger partial charge in [-0.15, -0.1) is 0 Å². The first-order valence-electron chi connectivity index (χ1n) is 9.22. The Morgan fingerprint density at radius 3 is 2.57 bits per heavy atom. The number of imidazole rings is 1. The maximum Gasteiger partial charge on any atom is 0.323 e. The number of hydrogen-bond acceptors (Lipinski definition) is 4. The van der Waals surface area contributed by atoms with Crippen LogP contribution in [0.2, 0.25) is 0 Å². The fourth-order valence-electron chi connectivity index (χ4n) is 3.40. The minimum absolute atomic E-state index is 0.0672. The lowest BCUT2D eigenvalue weighted by Gasteiger charge is -2.31. The highest BCUT2D eigenvalue weighted by Gasteiger charge is 2.22. The summed E-state index contributed by atoms with van der Waals surface area (Å²) >= 11 is 0. The minimum Gasteiger partial charge on any atom is -0.490 e. The number of carbonyl (C=O) groups excluding carboxylic acids is 1. The fraction of sp³-hybridized carbons (Fsp3) is 0.300. The normalized spacial score (nSPS) is 15.6. The van der Waals surface area contributed by atoms with Gasteiger partial charge in [0, 0.05) is 18.8 Å². The SMILES string of the molecule is O=C(CN1CCC(Oc2ccc(F)cc2)CC1)Nc1ccc2[nH]c(=O)[nH]c2c1. The molecule has 0 atom stereocenters. The highest BCUT2D eigenvalue weighted by atomic mass is 19.1. The average molecular weight is 384 g/mol. The van der Waals surface area contributed by atoms with E-state index in [-0.39, 0.29) is 23.5 Å². The number of aromatic amines is 2. The van der Waals surface area contributed by atoms with Gasteiger partial charge < -0.3 is 20.0 Å². The van der Waals surface area contributed by atoms with Gasteiger partial charge >= 0.3 is 5.69 Å². The molecular weight excluding hydrogens is 363 g/mol. The van der Waals surface area contributed by atoms with Gasteiger partial charge in [-0.1, -0.05) is 0 Å². The highest BCUT2D eigenvalue weighted by molar-refractivity contribution is 5.94. The van der Waals surface area contributed by atoms with Crippen molar-refractivity contribution < 1.29 is 13.9 Å². The van der Waals surface area contributed by atoms with Crippen LogP contribution in [-0.4, -0.2) is 46.5 Å². The molecule has 1 fully saturated rings. The van der Waals surface area contributed by atoms with Crippen molar-refractivity contribution in [3.05, 3.63) is 58.8 Å². The van der Waals surface area contributed by atoms with Crippen LogP contribution in [0.25, 0.3) is 11.0 Å². The van der Waals surface area contributed by atoms with Crippen LogP contribution in [0, 0.1) is 5.82 Å². The lowest BCUT2D eigenvalue weighted by molar-refractivity contribution is -0.117. The second kappa shape index (κ2) is 7.85. The molecule has 1 aliphatic heterocycles. The number of benzene rings is 2. The number of amides is 1. The van der Waals surface area contributed by atoms with E-state index >= 15 is 0 Å². The van der Waals surface area contributed by atoms with Crippen LogP contribution >= 0.6 is 0 Å². The van der Waals surface area contributed by atoms with Crippen LogP contribution in [0.4, 0.5) is 10.1 Å². The Bertz CT molecular complexity index is 1020. The van der Waals surface area contributed by atoms with Crippen LogP contribution in [-0.2, 0) is 4.79 Å². The van der Waals surface area contributed by atoms with E-state index in [2.05, 4.69) is 20.2 Å². The molecule has 1 saturated heterocycles. The van der Waals surface area contributed by atoms with Crippen molar-refractivity contribution in [3.8, 4) is 5.75 Å². The van der Waals surface area contributed by atoms with E-state index in [4.69, 9.17) is 4.74 Å². The van der Waals surface area contributed by atoms with Crippen LogP contribution in [0.3, 0.4) is 0 Å². The van der Waals surface area contributed by atoms with Crippen molar-refractivity contribution in [2.75, 3.05) is 25.0 Å². The number of piperidine rings is 1. The number of halogens is 1. The van der Waals surface area contributed by atoms with Crippen molar-refractivity contribution in [2.45, 2.75) is 18.9 Å². The summed E-state index contributed by atoms with van der Waals surface area (Å²) < 4.78 is 18.8. The van der Waals surface area contributed by atoms with Crippen molar-refractivity contribution in [1.29, 1.82) is 0 Å². The van der Waals surface area contributed by atoms with E-state index in [0.29, 0.717) is 29.0 Å². The molecule has 146 valence electrons. The van der Waals surface area contributed by atoms with Crippen LogP contribution in [0.5, 0.6) is 5.75 Å². The van der Waals surface area contributed by atoms with Crippen molar-refractivity contribution in [1.82, 2.24) is 14.9 Å². The molecule has 4 rings (SSSR count). The lowest BCUT2D eigenvalue weighted by Crippen LogP contribution is -2.42. The molecule has 8 heteroatoms. The van der Waals surface area contributed by atoms with E-state index in [1.807, 2.05) is 0 Å². The fourth-order valence-corrected chi connectivity index (χ4v) is 3.40. The summed E-state index contributed by atoms with van der Waals surface area (Å²) in [6.07, 6.45) is 1.68. The molecule has 2 aromatic carbocycles. The van der Waals surface area contributed by atoms with Gasteiger partial charge in [0.05, 0.1) is 17.6 Å². The van der Waals surface area contributed by atoms with Gasteiger partial charge in [0.25, 0.3) is 0 Å². The summed E-state index contributed by atoms with van der Waals surface area (Å²) in [6, 6.07) is 11.3. The first kappa shape index (κ1) is 18.2. The zero-order valence-electron chi connectivity index (χ0n) is 15.2. The van der Waals surface area contributed by atoms with E-state index < -0.39 is 0 Å². The summed E-state index contributed by atoms with van der Waals surface area (Å²) in [4.78, 5) is 31.1. The summed E-state index contributed by atoms with van der Waals surface area (Å²) in [7, 11) is 0. The first-order chi connectivity index (χ1) is 13.5. The van der Waals surface area contributed by atoms with E-state index in [9.17, 15) is 14.0 Å². The van der Waals surface area contributed by atoms with E-state index in [1.165, 1.54) is 12.1 Å². The zero-order chi connectivity index (χ0) is 19.5. The lowest BCUT2D eigenvalue weighted by atomic mass is 10.1. The second-order valence-electron chi connectivity index (χ2n) is 6.93. The number of fused-ring (bicyclic) bond motifs is 1. The molecule has 28 heavy (non-hydrogen) atoms. The Hall–Kier alpha value is -3.13. The molecule has 0 unspecified atom stereocenters. The van der Waals surface area contributed by atoms with Crippen molar-refractivity contribution in [2.24, 2.45) is 0 Å². The summed E-state index contributed by atoms with van der Waals surface area (Å²) in [5.41, 5.74) is 1.72. The Morgan fingerprint density at radius 2 is 1.82 bits per heavy atom. The van der Waals surface area contributed by atoms with Gasteiger partial charge in [0.2, 0.25) is 5.91 Å². The zero-order valence-corrected chi connectivity index (χ0v) is 15.2. The smallest absolute Gasteiger partial charge is 0.323 e. The number of ether oxygens (including phenoxy) is 1. The number of H-pyrrole nitrogens is 2. The molecule has 3 aromatic rings. The molecule has 3 N–H and O–H groups in total. The maximum absolute atomic E-state index is 13.0. The topological polar surface area (TPSA) is 90.2 Å². The molecule has 1 aliphatic rings. The van der Waals surface area contributed by atoms with Crippen LogP contribution < -0.4 is 15.7 Å². The molecule has 1 amide bonds. The number of anilines is 1. The molecular formula is C20H21FN4O3. The summed E-state index contributed by atoms with van der Waals surface area (Å²) in [6.45, 7) is 1.80. The number of nitrogens with one attached hydrogen (secondary N) is 3. The second-order valence-corrected chi connectivity index (χ2v) is 6.93. The maximum atomic E-state index is 13.0. The van der Waals surface area contributed by atoms with Gasteiger partial charge in [-0.25, -0.2) is 9.18 Å². The number of rotatable bonds is 5. The van der Waals surface area contributed by atoms with Gasteiger partial charge in [0.1, 0.15) is 17.7 Å². The molecule has 0 aliphatic carbocycles. The third kappa shape index (κ3) is 4.40. The van der Waals surface area contributed by atoms with Gasteiger partial charge in [0.15, 0.2) is 0 Å². The number of nitrogens with zero attached hydrogens (tertiary/aromatic N) is 1. The molecule has 0 radical (unpaired) electrons. The molecule has 0 saturated carbocycles. The largest absolute Gasteiger partial charge is 0.490 e. The Balaban J connectivity index is 1.26. The quantitative estimate of drug-likeness (QED) is 0.630. The summed E-state index contributed by atoms with van der Waals surface area (Å²) in [5.74, 6) is 0.279. The predicted molar refractivity (Wildman–Crippen MR) is 104 cm³/mol. The first-order valence-corrected chi connectivity index (χ1v) is 9.22. The minimum atomic E-state index is -0.282. The van der Waals surface area contributed by atoms with Crippen LogP contribution in [0.1, 0.15) is 12.8 Å². The van der Waals surface area contributed by atoms with Crippen molar-refractivity contribution in [3.63, 3.8) is 0 Å². The van der Waals surface area contributed by atoms with Gasteiger partial charge in [-0.05, 0) is 55.3 Å². The molecule has 0 bridgehead atoms. The predicted octanol–water partition coefficient (Wildman–Crippen LogP) is 2.48. The molecule has 1 aromatic heterocycles. The molecule has 2 heterocycles. The van der Waals surface area contributed by atoms with E-state index in [0.717, 1.165) is 25.9 Å². The highest BCUT2D eigenvalue weighted by Crippen LogP contribution is 2.20. The number of hydrogen-bond donors (Lipinski definition) is 3. The third-order valence-corrected chi connectivity index (χ3v) is 4.82. The summed E-state index contributed by atoms with van der Waals surface area (Å²) in [5, 5.41) is 2.86. The Labute approximate surface area is 160 Å². The number of aromatic nitrogens is 2. The third-order valence-electron chi connectivity index (χ3n) is 4.82. The van der Waals surface area contributed by atoms with Crippen molar-refractivity contribution >= 4 is 22.6 Å². The number of likely N-dealkylation sites (tertiary alicyclic amines) is 1.